The summed E-state index contributed by atoms with van der Waals surface area (Å²) in [7, 11) is 1.61. The number of amides is 1. The molecule has 3 heterocycles. The molecule has 0 bridgehead atoms. The highest BCUT2D eigenvalue weighted by molar-refractivity contribution is 5.93. The van der Waals surface area contributed by atoms with E-state index < -0.39 is 0 Å². The molecule has 7 nitrogen and oxygen atoms in total. The van der Waals surface area contributed by atoms with Crippen molar-refractivity contribution in [2.24, 2.45) is 0 Å². The average Bonchev–Trinajstić information content (AvgIpc) is 3.04. The SMILES string of the molecule is COCc1nc([C@@H]2CCCCN2C(=O)c2ncccc2C)n[nH]1. The molecule has 2 aromatic rings. The molecule has 1 N–H and O–H groups in total. The molecule has 0 spiro atoms. The summed E-state index contributed by atoms with van der Waals surface area (Å²) in [5.41, 5.74) is 1.39. The molecule has 3 rings (SSSR count). The van der Waals surface area contributed by atoms with Gasteiger partial charge in [0.15, 0.2) is 11.6 Å². The number of nitrogens with one attached hydrogen (secondary N) is 1. The van der Waals surface area contributed by atoms with Crippen molar-refractivity contribution in [3.05, 3.63) is 41.2 Å². The summed E-state index contributed by atoms with van der Waals surface area (Å²) in [6, 6.07) is 3.63. The monoisotopic (exact) mass is 315 g/mol. The number of rotatable bonds is 4. The van der Waals surface area contributed by atoms with Crippen molar-refractivity contribution in [3.63, 3.8) is 0 Å². The van der Waals surface area contributed by atoms with Crippen molar-refractivity contribution in [2.45, 2.75) is 38.8 Å². The highest BCUT2D eigenvalue weighted by atomic mass is 16.5. The summed E-state index contributed by atoms with van der Waals surface area (Å²) in [6.45, 7) is 2.99. The number of nitrogens with zero attached hydrogens (tertiary/aromatic N) is 4. The molecule has 122 valence electrons. The van der Waals surface area contributed by atoms with E-state index in [9.17, 15) is 4.79 Å². The van der Waals surface area contributed by atoms with Gasteiger partial charge in [-0.3, -0.25) is 14.9 Å². The number of H-pyrrole nitrogens is 1. The first-order valence-corrected chi connectivity index (χ1v) is 7.83. The Balaban J connectivity index is 1.86. The lowest BCUT2D eigenvalue weighted by Crippen LogP contribution is -2.39. The Labute approximate surface area is 135 Å². The van der Waals surface area contributed by atoms with Crippen molar-refractivity contribution < 1.29 is 9.53 Å². The standard InChI is InChI=1S/C16H21N5O2/c1-11-6-5-8-17-14(11)16(22)21-9-4-3-7-12(21)15-18-13(10-23-2)19-20-15/h5-6,8,12H,3-4,7,9-10H2,1-2H3,(H,18,19,20)/t12-/m0/s1. The molecule has 7 heteroatoms. The van der Waals surface area contributed by atoms with E-state index >= 15 is 0 Å². The second-order valence-corrected chi connectivity index (χ2v) is 5.75. The molecule has 23 heavy (non-hydrogen) atoms. The van der Waals surface area contributed by atoms with E-state index in [0.717, 1.165) is 24.8 Å². The first-order valence-electron chi connectivity index (χ1n) is 7.83. The van der Waals surface area contributed by atoms with Crippen LogP contribution in [-0.4, -0.2) is 44.6 Å². The highest BCUT2D eigenvalue weighted by Gasteiger charge is 2.32. The van der Waals surface area contributed by atoms with Crippen LogP contribution in [0.2, 0.25) is 0 Å². The molecule has 0 unspecified atom stereocenters. The van der Waals surface area contributed by atoms with Crippen molar-refractivity contribution in [1.82, 2.24) is 25.1 Å². The van der Waals surface area contributed by atoms with E-state index in [0.29, 0.717) is 30.5 Å². The number of pyridine rings is 1. The molecule has 1 saturated heterocycles. The van der Waals surface area contributed by atoms with Crippen LogP contribution in [0.4, 0.5) is 0 Å². The summed E-state index contributed by atoms with van der Waals surface area (Å²) in [4.78, 5) is 23.5. The van der Waals surface area contributed by atoms with Crippen LogP contribution < -0.4 is 0 Å². The fourth-order valence-electron chi connectivity index (χ4n) is 2.95. The summed E-state index contributed by atoms with van der Waals surface area (Å²) < 4.78 is 5.06. The van der Waals surface area contributed by atoms with Crippen LogP contribution in [0.1, 0.15) is 53.0 Å². The number of aromatic amines is 1. The summed E-state index contributed by atoms with van der Waals surface area (Å²) in [6.07, 6.45) is 4.57. The van der Waals surface area contributed by atoms with Gasteiger partial charge in [-0.25, -0.2) is 4.98 Å². The number of hydrogen-bond donors (Lipinski definition) is 1. The first kappa shape index (κ1) is 15.6. The number of carbonyl (C=O) groups is 1. The fourth-order valence-corrected chi connectivity index (χ4v) is 2.95. The molecular formula is C16H21N5O2. The third kappa shape index (κ3) is 3.24. The van der Waals surface area contributed by atoms with Gasteiger partial charge in [0.25, 0.3) is 5.91 Å². The Hall–Kier alpha value is -2.28. The number of ether oxygens (including phenoxy) is 1. The number of likely N-dealkylation sites (tertiary alicyclic amines) is 1. The quantitative estimate of drug-likeness (QED) is 0.933. The number of hydrogen-bond acceptors (Lipinski definition) is 5. The molecule has 0 saturated carbocycles. The maximum atomic E-state index is 12.9. The van der Waals surface area contributed by atoms with Crippen LogP contribution in [0, 0.1) is 6.92 Å². The molecule has 1 atom stereocenters. The molecule has 0 radical (unpaired) electrons. The molecule has 1 fully saturated rings. The lowest BCUT2D eigenvalue weighted by molar-refractivity contribution is 0.0593. The number of aryl methyl sites for hydroxylation is 1. The van der Waals surface area contributed by atoms with Crippen molar-refractivity contribution >= 4 is 5.91 Å². The predicted octanol–water partition coefficient (Wildman–Crippen LogP) is 2.02. The van der Waals surface area contributed by atoms with E-state index in [-0.39, 0.29) is 11.9 Å². The molecule has 2 aromatic heterocycles. The Bertz CT molecular complexity index is 685. The van der Waals surface area contributed by atoms with Gasteiger partial charge in [-0.05, 0) is 37.8 Å². The molecule has 1 amide bonds. The lowest BCUT2D eigenvalue weighted by atomic mass is 10.0. The van der Waals surface area contributed by atoms with Gasteiger partial charge in [0.1, 0.15) is 12.3 Å². The van der Waals surface area contributed by atoms with Crippen LogP contribution >= 0.6 is 0 Å². The second kappa shape index (κ2) is 6.87. The van der Waals surface area contributed by atoms with Gasteiger partial charge < -0.3 is 9.64 Å². The smallest absolute Gasteiger partial charge is 0.273 e. The maximum absolute atomic E-state index is 12.9. The number of methoxy groups -OCH3 is 1. The number of aromatic nitrogens is 4. The molecule has 0 aromatic carbocycles. The van der Waals surface area contributed by atoms with Crippen LogP contribution in [0.5, 0.6) is 0 Å². The average molecular weight is 315 g/mol. The summed E-state index contributed by atoms with van der Waals surface area (Å²) >= 11 is 0. The highest BCUT2D eigenvalue weighted by Crippen LogP contribution is 2.30. The zero-order valence-corrected chi connectivity index (χ0v) is 13.5. The molecule has 1 aliphatic rings. The minimum absolute atomic E-state index is 0.0501. The summed E-state index contributed by atoms with van der Waals surface area (Å²) in [5.74, 6) is 1.28. The van der Waals surface area contributed by atoms with Crippen molar-refractivity contribution in [3.8, 4) is 0 Å². The third-order valence-electron chi connectivity index (χ3n) is 4.10. The Morgan fingerprint density at radius 3 is 3.13 bits per heavy atom. The maximum Gasteiger partial charge on any atom is 0.273 e. The molecule has 1 aliphatic heterocycles. The van der Waals surface area contributed by atoms with Crippen molar-refractivity contribution in [1.29, 1.82) is 0 Å². The normalized spacial score (nSPS) is 18.2. The van der Waals surface area contributed by atoms with Crippen LogP contribution in [0.25, 0.3) is 0 Å². The minimum atomic E-state index is -0.112. The molecule has 0 aliphatic carbocycles. The van der Waals surface area contributed by atoms with Gasteiger partial charge in [-0.2, -0.15) is 5.10 Å². The lowest BCUT2D eigenvalue weighted by Gasteiger charge is -2.34. The summed E-state index contributed by atoms with van der Waals surface area (Å²) in [5, 5.41) is 7.15. The fraction of sp³-hybridized carbons (Fsp3) is 0.500. The number of piperidine rings is 1. The Morgan fingerprint density at radius 1 is 1.48 bits per heavy atom. The van der Waals surface area contributed by atoms with Gasteiger partial charge in [0.2, 0.25) is 0 Å². The van der Waals surface area contributed by atoms with Crippen molar-refractivity contribution in [2.75, 3.05) is 13.7 Å². The van der Waals surface area contributed by atoms with E-state index in [1.807, 2.05) is 24.0 Å². The molecular weight excluding hydrogens is 294 g/mol. The van der Waals surface area contributed by atoms with Crippen LogP contribution in [0.15, 0.2) is 18.3 Å². The van der Waals surface area contributed by atoms with E-state index in [1.54, 1.807) is 13.3 Å². The van der Waals surface area contributed by atoms with Gasteiger partial charge in [0.05, 0.1) is 6.04 Å². The van der Waals surface area contributed by atoms with Gasteiger partial charge >= 0.3 is 0 Å². The van der Waals surface area contributed by atoms with Crippen LogP contribution in [-0.2, 0) is 11.3 Å². The minimum Gasteiger partial charge on any atom is -0.377 e. The Kier molecular flexibility index (Phi) is 4.66. The van der Waals surface area contributed by atoms with E-state index in [1.165, 1.54) is 0 Å². The zero-order chi connectivity index (χ0) is 16.2. The largest absolute Gasteiger partial charge is 0.377 e. The van der Waals surface area contributed by atoms with Gasteiger partial charge in [-0.1, -0.05) is 6.07 Å². The number of carbonyl (C=O) groups excluding carboxylic acids is 1. The third-order valence-corrected chi connectivity index (χ3v) is 4.10. The van der Waals surface area contributed by atoms with Gasteiger partial charge in [-0.15, -0.1) is 0 Å². The predicted molar refractivity (Wildman–Crippen MR) is 83.7 cm³/mol. The van der Waals surface area contributed by atoms with Gasteiger partial charge in [0, 0.05) is 19.9 Å². The van der Waals surface area contributed by atoms with Crippen LogP contribution in [0.3, 0.4) is 0 Å². The topological polar surface area (TPSA) is 84.0 Å². The zero-order valence-electron chi connectivity index (χ0n) is 13.5. The second-order valence-electron chi connectivity index (χ2n) is 5.75. The van der Waals surface area contributed by atoms with E-state index in [2.05, 4.69) is 20.2 Å². The Morgan fingerprint density at radius 2 is 2.35 bits per heavy atom. The first-order chi connectivity index (χ1) is 11.2. The van der Waals surface area contributed by atoms with E-state index in [4.69, 9.17) is 4.74 Å².